The lowest BCUT2D eigenvalue weighted by atomic mass is 10.1. The van der Waals surface area contributed by atoms with Gasteiger partial charge in [0.2, 0.25) is 0 Å². The van der Waals surface area contributed by atoms with E-state index in [9.17, 15) is 4.79 Å². The zero-order chi connectivity index (χ0) is 10.7. The molecule has 0 aliphatic carbocycles. The first kappa shape index (κ1) is 9.67. The maximum atomic E-state index is 10.7. The number of hydrogen-bond acceptors (Lipinski definition) is 4. The summed E-state index contributed by atoms with van der Waals surface area (Å²) in [5.41, 5.74) is 7.62. The molecule has 0 aliphatic rings. The molecule has 15 heavy (non-hydrogen) atoms. The standard InChI is InChI=1S/C10H11N3O2/c11-6-8-3-1-2-7(4-8)5-9-12-10(14)15-13-9/h1-4H,5-6,11H2,(H,12,13,14). The maximum Gasteiger partial charge on any atom is 0.438 e. The first-order valence-corrected chi connectivity index (χ1v) is 4.60. The summed E-state index contributed by atoms with van der Waals surface area (Å²) in [6, 6.07) is 7.81. The predicted molar refractivity (Wildman–Crippen MR) is 54.3 cm³/mol. The van der Waals surface area contributed by atoms with Gasteiger partial charge in [0.25, 0.3) is 0 Å². The lowest BCUT2D eigenvalue weighted by molar-refractivity contribution is 0.382. The monoisotopic (exact) mass is 205 g/mol. The second-order valence-corrected chi connectivity index (χ2v) is 3.24. The highest BCUT2D eigenvalue weighted by Crippen LogP contribution is 2.07. The molecule has 5 heteroatoms. The predicted octanol–water partition coefficient (Wildman–Crippen LogP) is 0.412. The minimum Gasteiger partial charge on any atom is -0.326 e. The van der Waals surface area contributed by atoms with Crippen molar-refractivity contribution in [3.05, 3.63) is 51.8 Å². The van der Waals surface area contributed by atoms with Gasteiger partial charge in [-0.25, -0.2) is 4.79 Å². The Labute approximate surface area is 85.9 Å². The summed E-state index contributed by atoms with van der Waals surface area (Å²) in [7, 11) is 0. The van der Waals surface area contributed by atoms with Crippen molar-refractivity contribution in [1.29, 1.82) is 0 Å². The molecule has 0 aliphatic heterocycles. The first-order chi connectivity index (χ1) is 7.28. The quantitative estimate of drug-likeness (QED) is 0.760. The second kappa shape index (κ2) is 4.10. The first-order valence-electron chi connectivity index (χ1n) is 4.60. The van der Waals surface area contributed by atoms with Crippen LogP contribution < -0.4 is 11.5 Å². The number of aromatic amines is 1. The van der Waals surface area contributed by atoms with Gasteiger partial charge in [0.15, 0.2) is 5.82 Å². The molecule has 0 atom stereocenters. The van der Waals surface area contributed by atoms with Gasteiger partial charge in [0.1, 0.15) is 0 Å². The molecule has 2 rings (SSSR count). The highest BCUT2D eigenvalue weighted by molar-refractivity contribution is 5.25. The van der Waals surface area contributed by atoms with Gasteiger partial charge in [-0.15, -0.1) is 0 Å². The average molecular weight is 205 g/mol. The Morgan fingerprint density at radius 1 is 1.40 bits per heavy atom. The Hall–Kier alpha value is -1.88. The van der Waals surface area contributed by atoms with Crippen molar-refractivity contribution in [1.82, 2.24) is 10.1 Å². The molecule has 0 bridgehead atoms. The zero-order valence-electron chi connectivity index (χ0n) is 8.06. The lowest BCUT2D eigenvalue weighted by Gasteiger charge is -2.00. The van der Waals surface area contributed by atoms with Gasteiger partial charge in [-0.05, 0) is 11.1 Å². The zero-order valence-corrected chi connectivity index (χ0v) is 8.06. The molecule has 1 aromatic heterocycles. The van der Waals surface area contributed by atoms with Crippen LogP contribution in [-0.2, 0) is 13.0 Å². The molecule has 0 amide bonds. The fourth-order valence-corrected chi connectivity index (χ4v) is 1.40. The molecular weight excluding hydrogens is 194 g/mol. The van der Waals surface area contributed by atoms with E-state index in [0.29, 0.717) is 18.8 Å². The van der Waals surface area contributed by atoms with Crippen LogP contribution in [0.5, 0.6) is 0 Å². The largest absolute Gasteiger partial charge is 0.438 e. The van der Waals surface area contributed by atoms with Crippen molar-refractivity contribution >= 4 is 0 Å². The van der Waals surface area contributed by atoms with Gasteiger partial charge in [-0.1, -0.05) is 29.4 Å². The van der Waals surface area contributed by atoms with Crippen molar-refractivity contribution in [3.63, 3.8) is 0 Å². The van der Waals surface area contributed by atoms with Gasteiger partial charge in [-0.2, -0.15) is 0 Å². The van der Waals surface area contributed by atoms with Crippen LogP contribution in [-0.4, -0.2) is 10.1 Å². The minimum atomic E-state index is -0.528. The molecule has 0 unspecified atom stereocenters. The van der Waals surface area contributed by atoms with Crippen LogP contribution in [0.1, 0.15) is 17.0 Å². The summed E-state index contributed by atoms with van der Waals surface area (Å²) >= 11 is 0. The fraction of sp³-hybridized carbons (Fsp3) is 0.200. The van der Waals surface area contributed by atoms with E-state index in [1.54, 1.807) is 0 Å². The van der Waals surface area contributed by atoms with E-state index in [1.165, 1.54) is 0 Å². The molecule has 0 saturated heterocycles. The summed E-state index contributed by atoms with van der Waals surface area (Å²) < 4.78 is 4.41. The van der Waals surface area contributed by atoms with Crippen molar-refractivity contribution in [3.8, 4) is 0 Å². The molecule has 5 nitrogen and oxygen atoms in total. The Morgan fingerprint density at radius 3 is 2.87 bits per heavy atom. The number of nitrogens with one attached hydrogen (secondary N) is 1. The number of rotatable bonds is 3. The van der Waals surface area contributed by atoms with E-state index in [2.05, 4.69) is 14.7 Å². The molecule has 0 radical (unpaired) electrons. The average Bonchev–Trinajstić information content (AvgIpc) is 2.64. The van der Waals surface area contributed by atoms with Crippen molar-refractivity contribution in [2.75, 3.05) is 0 Å². The van der Waals surface area contributed by atoms with E-state index in [1.807, 2.05) is 24.3 Å². The molecule has 2 aromatic rings. The minimum absolute atomic E-state index is 0.503. The van der Waals surface area contributed by atoms with Gasteiger partial charge >= 0.3 is 5.76 Å². The molecule has 0 fully saturated rings. The summed E-state index contributed by atoms with van der Waals surface area (Å²) in [5, 5.41) is 3.59. The van der Waals surface area contributed by atoms with Crippen LogP contribution >= 0.6 is 0 Å². The number of hydrogen-bond donors (Lipinski definition) is 2. The van der Waals surface area contributed by atoms with Crippen molar-refractivity contribution in [2.24, 2.45) is 5.73 Å². The lowest BCUT2D eigenvalue weighted by Crippen LogP contribution is -2.00. The molecule has 0 spiro atoms. The van der Waals surface area contributed by atoms with Crippen molar-refractivity contribution in [2.45, 2.75) is 13.0 Å². The van der Waals surface area contributed by atoms with Gasteiger partial charge in [-0.3, -0.25) is 9.51 Å². The molecule has 78 valence electrons. The highest BCUT2D eigenvalue weighted by atomic mass is 16.5. The summed E-state index contributed by atoms with van der Waals surface area (Å²) in [5.74, 6) is -0.00542. The third-order valence-electron chi connectivity index (χ3n) is 2.08. The Morgan fingerprint density at radius 2 is 2.20 bits per heavy atom. The van der Waals surface area contributed by atoms with Gasteiger partial charge < -0.3 is 5.73 Å². The van der Waals surface area contributed by atoms with Crippen LogP contribution in [0.3, 0.4) is 0 Å². The Kier molecular flexibility index (Phi) is 2.64. The summed E-state index contributed by atoms with van der Waals surface area (Å²) in [6.07, 6.45) is 0.541. The second-order valence-electron chi connectivity index (χ2n) is 3.24. The van der Waals surface area contributed by atoms with Crippen LogP contribution in [0.4, 0.5) is 0 Å². The van der Waals surface area contributed by atoms with E-state index < -0.39 is 5.76 Å². The Balaban J connectivity index is 2.20. The molecule has 0 saturated carbocycles. The van der Waals surface area contributed by atoms with Gasteiger partial charge in [0, 0.05) is 13.0 Å². The molecular formula is C10H11N3O2. The number of H-pyrrole nitrogens is 1. The molecule has 1 aromatic carbocycles. The van der Waals surface area contributed by atoms with Crippen molar-refractivity contribution < 1.29 is 4.52 Å². The third kappa shape index (κ3) is 2.32. The van der Waals surface area contributed by atoms with Crippen LogP contribution in [0.25, 0.3) is 0 Å². The van der Waals surface area contributed by atoms with Crippen LogP contribution in [0.15, 0.2) is 33.6 Å². The van der Waals surface area contributed by atoms with E-state index >= 15 is 0 Å². The smallest absolute Gasteiger partial charge is 0.326 e. The summed E-state index contributed by atoms with van der Waals surface area (Å²) in [4.78, 5) is 13.2. The normalized spacial score (nSPS) is 10.5. The Bertz CT molecular complexity index is 501. The van der Waals surface area contributed by atoms with E-state index in [-0.39, 0.29) is 0 Å². The number of nitrogens with two attached hydrogens (primary N) is 1. The maximum absolute atomic E-state index is 10.7. The number of aromatic nitrogens is 2. The van der Waals surface area contributed by atoms with E-state index in [0.717, 1.165) is 11.1 Å². The SMILES string of the molecule is NCc1cccc(Cc2noc(=O)[nH]2)c1. The van der Waals surface area contributed by atoms with Crippen LogP contribution in [0, 0.1) is 0 Å². The molecule has 1 heterocycles. The number of nitrogens with zero attached hydrogens (tertiary/aromatic N) is 1. The van der Waals surface area contributed by atoms with Crippen LogP contribution in [0.2, 0.25) is 0 Å². The topological polar surface area (TPSA) is 84.9 Å². The fourth-order valence-electron chi connectivity index (χ4n) is 1.40. The third-order valence-corrected chi connectivity index (χ3v) is 2.08. The van der Waals surface area contributed by atoms with Gasteiger partial charge in [0.05, 0.1) is 0 Å². The summed E-state index contributed by atoms with van der Waals surface area (Å²) in [6.45, 7) is 0.503. The molecule has 3 N–H and O–H groups in total. The van der Waals surface area contributed by atoms with E-state index in [4.69, 9.17) is 5.73 Å². The number of benzene rings is 1. The highest BCUT2D eigenvalue weighted by Gasteiger charge is 2.02.